The van der Waals surface area contributed by atoms with E-state index in [-0.39, 0.29) is 18.0 Å². The number of cyclic esters (lactones) is 2. The van der Waals surface area contributed by atoms with E-state index in [1.54, 1.807) is 27.7 Å². The van der Waals surface area contributed by atoms with Crippen molar-refractivity contribution in [2.24, 2.45) is 10.8 Å². The second-order valence-electron chi connectivity index (χ2n) is 10.8. The summed E-state index contributed by atoms with van der Waals surface area (Å²) in [6.07, 6.45) is 1.34. The van der Waals surface area contributed by atoms with Gasteiger partial charge in [-0.2, -0.15) is 0 Å². The standard InChI is InChI=1S/C13H22O4.C11H18O4/c1-7-11(2,3)9(14)17-13(6)8-12(4,5)16-10(13)15;1-5-11(3,4)10(13)15-8-6-7(2)14-9(8)12/h7-8H2,1-6H3;7-8H,5-6H2,1-4H3. The first-order chi connectivity index (χ1) is 14.4. The van der Waals surface area contributed by atoms with Crippen LogP contribution in [0, 0.1) is 10.8 Å². The number of carbonyl (C=O) groups is 4. The van der Waals surface area contributed by atoms with Gasteiger partial charge in [-0.15, -0.1) is 0 Å². The Kier molecular flexibility index (Phi) is 8.54. The van der Waals surface area contributed by atoms with Crippen LogP contribution in [0.5, 0.6) is 0 Å². The molecule has 2 fully saturated rings. The Hall–Kier alpha value is -2.12. The SMILES string of the molecule is CCC(C)(C)C(=O)OC1(C)CC(C)(C)OC1=O.CCC(C)(C)C(=O)OC1CC(C)OC1=O. The Labute approximate surface area is 191 Å². The minimum absolute atomic E-state index is 0.153. The largest absolute Gasteiger partial charge is 0.460 e. The number of hydrogen-bond donors (Lipinski definition) is 0. The van der Waals surface area contributed by atoms with Crippen molar-refractivity contribution in [1.82, 2.24) is 0 Å². The Balaban J connectivity index is 0.000000323. The Bertz CT molecular complexity index is 736. The summed E-state index contributed by atoms with van der Waals surface area (Å²) in [7, 11) is 0. The Morgan fingerprint density at radius 3 is 1.88 bits per heavy atom. The molecule has 0 N–H and O–H groups in total. The second-order valence-corrected chi connectivity index (χ2v) is 10.8. The molecule has 2 saturated heterocycles. The maximum Gasteiger partial charge on any atom is 0.351 e. The van der Waals surface area contributed by atoms with E-state index >= 15 is 0 Å². The maximum atomic E-state index is 12.0. The van der Waals surface area contributed by atoms with Gasteiger partial charge >= 0.3 is 23.9 Å². The molecule has 0 aromatic rings. The molecule has 2 aliphatic heterocycles. The highest BCUT2D eigenvalue weighted by atomic mass is 16.6. The third kappa shape index (κ3) is 6.94. The van der Waals surface area contributed by atoms with E-state index in [0.29, 0.717) is 25.7 Å². The van der Waals surface area contributed by atoms with Crippen molar-refractivity contribution in [3.8, 4) is 0 Å². The molecule has 3 unspecified atom stereocenters. The molecule has 32 heavy (non-hydrogen) atoms. The van der Waals surface area contributed by atoms with Crippen LogP contribution in [-0.2, 0) is 38.1 Å². The molecule has 0 aliphatic carbocycles. The van der Waals surface area contributed by atoms with Gasteiger partial charge in [0.05, 0.1) is 10.8 Å². The van der Waals surface area contributed by atoms with Crippen LogP contribution in [0.4, 0.5) is 0 Å². The summed E-state index contributed by atoms with van der Waals surface area (Å²) in [6, 6.07) is 0. The van der Waals surface area contributed by atoms with Crippen molar-refractivity contribution in [2.45, 2.75) is 118 Å². The fourth-order valence-electron chi connectivity index (χ4n) is 3.09. The molecule has 0 amide bonds. The van der Waals surface area contributed by atoms with Crippen LogP contribution in [0.2, 0.25) is 0 Å². The van der Waals surface area contributed by atoms with Crippen molar-refractivity contribution in [3.63, 3.8) is 0 Å². The van der Waals surface area contributed by atoms with Crippen molar-refractivity contribution < 1.29 is 38.1 Å². The van der Waals surface area contributed by atoms with Gasteiger partial charge in [0.25, 0.3) is 0 Å². The lowest BCUT2D eigenvalue weighted by molar-refractivity contribution is -0.178. The minimum Gasteiger partial charge on any atom is -0.460 e. The highest BCUT2D eigenvalue weighted by Crippen LogP contribution is 2.38. The zero-order chi connectivity index (χ0) is 25.1. The molecule has 184 valence electrons. The average molecular weight is 457 g/mol. The van der Waals surface area contributed by atoms with Crippen molar-refractivity contribution in [1.29, 1.82) is 0 Å². The normalized spacial score (nSPS) is 27.1. The molecular weight excluding hydrogens is 416 g/mol. The summed E-state index contributed by atoms with van der Waals surface area (Å²) >= 11 is 0. The lowest BCUT2D eigenvalue weighted by atomic mass is 9.89. The summed E-state index contributed by atoms with van der Waals surface area (Å²) in [4.78, 5) is 46.7. The quantitative estimate of drug-likeness (QED) is 0.434. The van der Waals surface area contributed by atoms with Gasteiger partial charge in [-0.05, 0) is 68.2 Å². The monoisotopic (exact) mass is 456 g/mol. The summed E-state index contributed by atoms with van der Waals surface area (Å²) in [6.45, 7) is 18.1. The lowest BCUT2D eigenvalue weighted by Crippen LogP contribution is -2.41. The molecule has 0 aromatic heterocycles. The molecule has 0 radical (unpaired) electrons. The van der Waals surface area contributed by atoms with Gasteiger partial charge in [-0.3, -0.25) is 9.59 Å². The zero-order valence-electron chi connectivity index (χ0n) is 21.2. The highest BCUT2D eigenvalue weighted by Gasteiger charge is 2.53. The van der Waals surface area contributed by atoms with Gasteiger partial charge in [0, 0.05) is 12.8 Å². The van der Waals surface area contributed by atoms with E-state index in [9.17, 15) is 19.2 Å². The van der Waals surface area contributed by atoms with Crippen LogP contribution in [0.15, 0.2) is 0 Å². The molecule has 2 aliphatic rings. The first-order valence-electron chi connectivity index (χ1n) is 11.3. The molecule has 2 rings (SSSR count). The van der Waals surface area contributed by atoms with E-state index in [4.69, 9.17) is 18.9 Å². The van der Waals surface area contributed by atoms with E-state index in [0.717, 1.165) is 0 Å². The molecular formula is C24H40O8. The van der Waals surface area contributed by atoms with Crippen LogP contribution in [-0.4, -0.2) is 47.3 Å². The fraction of sp³-hybridized carbons (Fsp3) is 0.833. The Morgan fingerprint density at radius 1 is 1.00 bits per heavy atom. The number of esters is 4. The molecule has 0 aromatic carbocycles. The highest BCUT2D eigenvalue weighted by molar-refractivity contribution is 5.86. The predicted octanol–water partition coefficient (Wildman–Crippen LogP) is 4.12. The van der Waals surface area contributed by atoms with Crippen LogP contribution >= 0.6 is 0 Å². The number of hydrogen-bond acceptors (Lipinski definition) is 8. The third-order valence-corrected chi connectivity index (χ3v) is 6.13. The van der Waals surface area contributed by atoms with E-state index in [2.05, 4.69) is 0 Å². The summed E-state index contributed by atoms with van der Waals surface area (Å²) in [5, 5.41) is 0. The van der Waals surface area contributed by atoms with Crippen LogP contribution in [0.1, 0.15) is 94.9 Å². The third-order valence-electron chi connectivity index (χ3n) is 6.13. The maximum absolute atomic E-state index is 12.0. The number of ether oxygens (including phenoxy) is 4. The predicted molar refractivity (Wildman–Crippen MR) is 117 cm³/mol. The van der Waals surface area contributed by atoms with Crippen LogP contribution in [0.25, 0.3) is 0 Å². The first kappa shape index (κ1) is 27.9. The molecule has 0 saturated carbocycles. The van der Waals surface area contributed by atoms with Gasteiger partial charge in [-0.25, -0.2) is 9.59 Å². The van der Waals surface area contributed by atoms with E-state index in [1.165, 1.54) is 0 Å². The van der Waals surface area contributed by atoms with Crippen LogP contribution < -0.4 is 0 Å². The summed E-state index contributed by atoms with van der Waals surface area (Å²) in [5.41, 5.74) is -2.82. The molecule has 2 heterocycles. The Morgan fingerprint density at radius 2 is 1.50 bits per heavy atom. The van der Waals surface area contributed by atoms with Crippen LogP contribution in [0.3, 0.4) is 0 Å². The van der Waals surface area contributed by atoms with Gasteiger partial charge < -0.3 is 18.9 Å². The number of rotatable bonds is 6. The average Bonchev–Trinajstić information content (AvgIpc) is 3.08. The lowest BCUT2D eigenvalue weighted by Gasteiger charge is -2.27. The minimum atomic E-state index is -1.15. The first-order valence-corrected chi connectivity index (χ1v) is 11.3. The summed E-state index contributed by atoms with van der Waals surface area (Å²) in [5.74, 6) is -1.57. The smallest absolute Gasteiger partial charge is 0.351 e. The van der Waals surface area contributed by atoms with Gasteiger partial charge in [0.2, 0.25) is 11.7 Å². The molecule has 0 bridgehead atoms. The van der Waals surface area contributed by atoms with Crippen molar-refractivity contribution in [3.05, 3.63) is 0 Å². The zero-order valence-corrected chi connectivity index (χ0v) is 21.2. The topological polar surface area (TPSA) is 105 Å². The summed E-state index contributed by atoms with van der Waals surface area (Å²) < 4.78 is 20.6. The van der Waals surface area contributed by atoms with E-state index < -0.39 is 40.1 Å². The number of carbonyl (C=O) groups excluding carboxylic acids is 4. The molecule has 8 heteroatoms. The van der Waals surface area contributed by atoms with Gasteiger partial charge in [-0.1, -0.05) is 13.8 Å². The van der Waals surface area contributed by atoms with Gasteiger partial charge in [0.15, 0.2) is 0 Å². The van der Waals surface area contributed by atoms with Crippen molar-refractivity contribution >= 4 is 23.9 Å². The fourth-order valence-corrected chi connectivity index (χ4v) is 3.09. The van der Waals surface area contributed by atoms with Gasteiger partial charge in [0.1, 0.15) is 11.7 Å². The molecule has 3 atom stereocenters. The molecule has 8 nitrogen and oxygen atoms in total. The molecule has 0 spiro atoms. The second kappa shape index (κ2) is 9.79. The van der Waals surface area contributed by atoms with Crippen molar-refractivity contribution in [2.75, 3.05) is 0 Å². The van der Waals surface area contributed by atoms with E-state index in [1.807, 2.05) is 41.5 Å².